The van der Waals surface area contributed by atoms with E-state index in [2.05, 4.69) is 41.8 Å². The predicted molar refractivity (Wildman–Crippen MR) is 515 cm³/mol. The Morgan fingerprint density at radius 1 is 0.553 bits per heavy atom. The number of alkyl carbamates (subject to hydrolysis) is 2. The quantitative estimate of drug-likeness (QED) is 0.00593. The summed E-state index contributed by atoms with van der Waals surface area (Å²) >= 11 is 33.6. The van der Waals surface area contributed by atoms with Crippen molar-refractivity contribution in [3.05, 3.63) is 174 Å². The molecule has 0 spiro atoms. The average Bonchev–Trinajstić information content (AvgIpc) is 0.786. The van der Waals surface area contributed by atoms with Gasteiger partial charge in [-0.2, -0.15) is 0 Å². The molecule has 8 atom stereocenters. The van der Waals surface area contributed by atoms with Crippen molar-refractivity contribution in [2.45, 2.75) is 222 Å². The van der Waals surface area contributed by atoms with Crippen LogP contribution in [-0.4, -0.2) is 244 Å². The number of fused-ring (bicyclic) bond motifs is 2. The second-order valence-electron chi connectivity index (χ2n) is 36.0. The molecule has 2 aromatic heterocycles. The van der Waals surface area contributed by atoms with Gasteiger partial charge in [-0.05, 0) is 183 Å². The SMILES string of the molecule is C.C[C@@H](NC(=O)OC(C)(C)C)c1ccc2ccc(/C=C/C3(C(=O)O)COCOC3)cc2n1.C[C@H](NC(=O)[C@@H](O)C(C)(C)F)C(=O)N1CCC[C@@H](C(=O)OCC(Cl)(Cl)Cl)N1.C[C@H](NC(=O)[C@@H](OC(=O)C1(/C=C/c2ccc3ccc([C@@H](C)NC(=O)OC(C)(C)C)nc3c2)COCOC1)C(C)(C)F)C(=O)N1CCC[C@@H](C(=O)OCC(Cl)(Cl)Cl)N1.Cc1cccc([N+](=O)[O-])c1C(=O)OC(=O)c1c(C)cccc1[N+](=O)[O-]. The third kappa shape index (κ3) is 36.3. The highest BCUT2D eigenvalue weighted by atomic mass is 35.6. The van der Waals surface area contributed by atoms with E-state index in [9.17, 15) is 92.4 Å². The lowest BCUT2D eigenvalue weighted by Crippen LogP contribution is -2.61. The van der Waals surface area contributed by atoms with Crippen molar-refractivity contribution in [3.8, 4) is 0 Å². The van der Waals surface area contributed by atoms with Gasteiger partial charge in [-0.3, -0.25) is 78.6 Å². The number of hydrogen-bond acceptors (Lipinski definition) is 31. The van der Waals surface area contributed by atoms with E-state index in [-0.39, 0.29) is 88.8 Å². The van der Waals surface area contributed by atoms with Gasteiger partial charge in [-0.1, -0.05) is 162 Å². The molecule has 6 heterocycles. The number of nitro benzene ring substituents is 2. The zero-order valence-electron chi connectivity index (χ0n) is 79.3. The third-order valence-corrected chi connectivity index (χ3v) is 21.4. The second-order valence-corrected chi connectivity index (χ2v) is 41.0. The number of hydrogen-bond donors (Lipinski definition) is 8. The number of halogens is 8. The number of nitro groups is 2. The summed E-state index contributed by atoms with van der Waals surface area (Å²) in [5.74, 6) is -9.22. The number of aliphatic hydroxyl groups excluding tert-OH is 1. The number of aliphatic carboxylic acids is 1. The third-order valence-electron chi connectivity index (χ3n) is 20.8. The van der Waals surface area contributed by atoms with Gasteiger partial charge in [0, 0.05) is 36.0 Å². The molecule has 0 unspecified atom stereocenters. The Hall–Kier alpha value is -11.3. The van der Waals surface area contributed by atoms with Crippen LogP contribution >= 0.6 is 69.6 Å². The first-order valence-corrected chi connectivity index (χ1v) is 45.7. The number of alkyl halides is 8. The summed E-state index contributed by atoms with van der Waals surface area (Å²) in [6.07, 6.45) is 3.12. The minimum Gasteiger partial charge on any atom is -0.480 e. The Balaban J connectivity index is 0.000000308. The molecule has 4 saturated heterocycles. The molecule has 48 heteroatoms. The molecule has 6 amide bonds. The Morgan fingerprint density at radius 2 is 0.922 bits per heavy atom. The van der Waals surface area contributed by atoms with Crippen molar-refractivity contribution < 1.29 is 134 Å². The summed E-state index contributed by atoms with van der Waals surface area (Å²) in [4.78, 5) is 180. The lowest BCUT2D eigenvalue weighted by molar-refractivity contribution is -0.385. The van der Waals surface area contributed by atoms with Crippen molar-refractivity contribution in [2.24, 2.45) is 10.8 Å². The topological polar surface area (TPSA) is 528 Å². The van der Waals surface area contributed by atoms with Crippen LogP contribution in [0.4, 0.5) is 29.7 Å². The van der Waals surface area contributed by atoms with Gasteiger partial charge in [0.2, 0.25) is 13.7 Å². The van der Waals surface area contributed by atoms with Crippen LogP contribution in [0.1, 0.15) is 196 Å². The van der Waals surface area contributed by atoms with Crippen molar-refractivity contribution in [1.29, 1.82) is 0 Å². The molecule has 8 N–H and O–H groups in total. The molecule has 4 aromatic carbocycles. The lowest BCUT2D eigenvalue weighted by Gasteiger charge is -2.36. The highest BCUT2D eigenvalue weighted by Crippen LogP contribution is 2.35. The van der Waals surface area contributed by atoms with Gasteiger partial charge in [-0.25, -0.2) is 38.8 Å². The number of ether oxygens (including phenoxy) is 10. The summed E-state index contributed by atoms with van der Waals surface area (Å²) in [7, 11) is 0. The summed E-state index contributed by atoms with van der Waals surface area (Å²) < 4.78 is 77.9. The number of esters is 5. The minimum absolute atomic E-state index is 0. The fourth-order valence-electron chi connectivity index (χ4n) is 13.6. The fraction of sp³-hybridized carbons (Fsp3) is 0.505. The fourth-order valence-corrected chi connectivity index (χ4v) is 13.9. The van der Waals surface area contributed by atoms with Crippen LogP contribution in [-0.2, 0) is 85.7 Å². The largest absolute Gasteiger partial charge is 0.480 e. The summed E-state index contributed by atoms with van der Waals surface area (Å²) in [5.41, 5.74) is -0.403. The molecular formula is C93H116Cl6F2N12O28. The van der Waals surface area contributed by atoms with Crippen LogP contribution in [0.25, 0.3) is 34.0 Å². The standard InChI is InChI=1S/C38H49Cl3FN5O10.C23H28N2O6.C16H12N2O7.C15H23Cl3FN3O5.CH4/c1-22(44-34(52)57-35(3,4)5)26-13-12-25-11-10-24(17-28(25)45-26)14-15-37(18-53-21-54-19-37)33(51)56-29(36(6,7)42)30(48)43-23(2)31(49)47-16-8-9-27(46-47)32(50)55-20-38(39,40)41;1-15(24-21(28)31-22(2,3)4)18-8-7-17-6-5-16(11-19(17)25-18)9-10-23(20(26)27)12-29-14-30-13-23;1-9-5-3-7-11(17(21)22)13(9)15(19)25-16(20)14-10(2)6-4-8-12(14)18(23)24;1-8(20-11(24)10(23)14(2,3)19)12(25)22-6-4-5-9(21-22)13(26)27-7-15(16,17)18;/h10-15,17,22-23,27,29,46H,8-9,16,18-21H2,1-7H3,(H,43,48)(H,44,52);5-11,15H,12-14H2,1-4H3,(H,24,28)(H,26,27);3-8H,1-2H3;8-10,21,23H,4-7H2,1-3H3,(H,20,24);1H4/b15-14+;10-9+;;;/t22-,23+,27+,29-;15-;;8-,9-,10+;/m11.0./s1. The zero-order valence-corrected chi connectivity index (χ0v) is 83.8. The number of rotatable bonds is 27. The van der Waals surface area contributed by atoms with E-state index in [1.165, 1.54) is 58.0 Å². The zero-order chi connectivity index (χ0) is 105. The van der Waals surface area contributed by atoms with Gasteiger partial charge in [0.1, 0.15) is 89.8 Å². The average molecular weight is 2100 g/mol. The highest BCUT2D eigenvalue weighted by molar-refractivity contribution is 6.68. The summed E-state index contributed by atoms with van der Waals surface area (Å²) in [5, 5.41) is 55.6. The van der Waals surface area contributed by atoms with Gasteiger partial charge >= 0.3 is 48.0 Å². The summed E-state index contributed by atoms with van der Waals surface area (Å²) in [6, 6.07) is 21.6. The number of carbonyl (C=O) groups excluding carboxylic acids is 11. The highest BCUT2D eigenvalue weighted by Gasteiger charge is 2.49. The van der Waals surface area contributed by atoms with E-state index in [4.69, 9.17) is 117 Å². The van der Waals surface area contributed by atoms with E-state index in [1.54, 1.807) is 84.9 Å². The maximum absolute atomic E-state index is 15.6. The number of carboxylic acid groups (broad SMARTS) is 1. The number of nitrogens with one attached hydrogen (secondary N) is 6. The Kier molecular flexibility index (Phi) is 42.9. The van der Waals surface area contributed by atoms with Gasteiger partial charge in [-0.15, -0.1) is 0 Å². The minimum atomic E-state index is -2.40. The first kappa shape index (κ1) is 118. The van der Waals surface area contributed by atoms with Crippen LogP contribution in [0.3, 0.4) is 0 Å². The number of aliphatic hydroxyl groups is 1. The molecular weight excluding hydrogens is 1980 g/mol. The number of hydrazine groups is 2. The Labute approximate surface area is 841 Å². The molecule has 0 bridgehead atoms. The number of nitrogens with zero attached hydrogens (tertiary/aromatic N) is 6. The van der Waals surface area contributed by atoms with E-state index < -0.39 is 189 Å². The van der Waals surface area contributed by atoms with Gasteiger partial charge < -0.3 is 78.8 Å². The van der Waals surface area contributed by atoms with Crippen LogP contribution in [0, 0.1) is 44.9 Å². The van der Waals surface area contributed by atoms with E-state index in [1.807, 2.05) is 49.4 Å². The van der Waals surface area contributed by atoms with Crippen molar-refractivity contribution in [2.75, 3.05) is 66.3 Å². The number of carboxylic acids is 1. The molecule has 0 aliphatic carbocycles. The number of pyridine rings is 2. The van der Waals surface area contributed by atoms with Crippen LogP contribution in [0.5, 0.6) is 0 Å². The number of amides is 6. The van der Waals surface area contributed by atoms with Crippen molar-refractivity contribution >= 4 is 187 Å². The van der Waals surface area contributed by atoms with Crippen molar-refractivity contribution in [1.82, 2.24) is 52.1 Å². The first-order chi connectivity index (χ1) is 65.0. The second kappa shape index (κ2) is 51.1. The molecule has 141 heavy (non-hydrogen) atoms. The van der Waals surface area contributed by atoms with Gasteiger partial charge in [0.15, 0.2) is 11.8 Å². The van der Waals surface area contributed by atoms with E-state index in [0.29, 0.717) is 48.2 Å². The molecule has 772 valence electrons. The van der Waals surface area contributed by atoms with Crippen LogP contribution < -0.4 is 32.1 Å². The number of aromatic nitrogens is 2. The van der Waals surface area contributed by atoms with Gasteiger partial charge in [0.05, 0.1) is 70.8 Å². The first-order valence-electron chi connectivity index (χ1n) is 43.5. The molecule has 0 radical (unpaired) electrons. The lowest BCUT2D eigenvalue weighted by atomic mass is 9.88. The normalized spacial score (nSPS) is 17.4. The molecule has 10 rings (SSSR count). The number of aryl methyl sites for hydroxylation is 2. The van der Waals surface area contributed by atoms with Crippen LogP contribution in [0.15, 0.2) is 109 Å². The van der Waals surface area contributed by atoms with Crippen molar-refractivity contribution in [3.63, 3.8) is 0 Å². The Bertz CT molecular complexity index is 5500. The van der Waals surface area contributed by atoms with Crippen LogP contribution in [0.2, 0.25) is 0 Å². The molecule has 4 fully saturated rings. The van der Waals surface area contributed by atoms with E-state index >= 15 is 4.39 Å². The number of carbonyl (C=O) groups is 12. The maximum atomic E-state index is 15.6. The number of benzene rings is 4. The molecule has 0 saturated carbocycles. The monoisotopic (exact) mass is 2100 g/mol. The molecule has 4 aliphatic heterocycles. The Morgan fingerprint density at radius 3 is 1.28 bits per heavy atom. The molecule has 6 aromatic rings. The smallest absolute Gasteiger partial charge is 0.408 e. The maximum Gasteiger partial charge on any atom is 0.408 e. The molecule has 4 aliphatic rings. The summed E-state index contributed by atoms with van der Waals surface area (Å²) in [6.45, 7) is 23.4. The predicted octanol–water partition coefficient (Wildman–Crippen LogP) is 14.1. The molecule has 40 nitrogen and oxygen atoms in total. The van der Waals surface area contributed by atoms with E-state index in [0.717, 1.165) is 71.7 Å². The van der Waals surface area contributed by atoms with Gasteiger partial charge in [0.25, 0.3) is 35.0 Å².